The third-order valence-corrected chi connectivity index (χ3v) is 2.55. The number of ketones is 1. The van der Waals surface area contributed by atoms with Crippen molar-refractivity contribution >= 4 is 5.78 Å². The van der Waals surface area contributed by atoms with Gasteiger partial charge in [-0.3, -0.25) is 4.79 Å². The molecule has 0 unspecified atom stereocenters. The lowest BCUT2D eigenvalue weighted by molar-refractivity contribution is 0.103. The van der Waals surface area contributed by atoms with Gasteiger partial charge >= 0.3 is 0 Å². The molecule has 2 aromatic rings. The highest BCUT2D eigenvalue weighted by Gasteiger charge is 2.14. The van der Waals surface area contributed by atoms with E-state index >= 15 is 0 Å². The maximum absolute atomic E-state index is 13.1. The average molecular weight is 232 g/mol. The van der Waals surface area contributed by atoms with Crippen molar-refractivity contribution < 1.29 is 13.6 Å². The van der Waals surface area contributed by atoms with Gasteiger partial charge in [0.2, 0.25) is 0 Å². The number of carbonyl (C=O) groups is 1. The number of rotatable bonds is 2. The standard InChI is InChI=1S/C14H10F2O/c1-9-7-12(15)13(16)8-11(9)14(17)10-5-3-2-4-6-10/h2-8H,1H3. The Morgan fingerprint density at radius 3 is 2.24 bits per heavy atom. The lowest BCUT2D eigenvalue weighted by atomic mass is 9.99. The minimum atomic E-state index is -1.00. The molecule has 3 heteroatoms. The molecular weight excluding hydrogens is 222 g/mol. The third kappa shape index (κ3) is 2.23. The fourth-order valence-electron chi connectivity index (χ4n) is 1.64. The zero-order chi connectivity index (χ0) is 12.4. The summed E-state index contributed by atoms with van der Waals surface area (Å²) in [6, 6.07) is 10.5. The van der Waals surface area contributed by atoms with Crippen molar-refractivity contribution in [1.82, 2.24) is 0 Å². The molecule has 17 heavy (non-hydrogen) atoms. The zero-order valence-corrected chi connectivity index (χ0v) is 9.21. The van der Waals surface area contributed by atoms with E-state index < -0.39 is 11.6 Å². The van der Waals surface area contributed by atoms with Gasteiger partial charge in [0.15, 0.2) is 17.4 Å². The van der Waals surface area contributed by atoms with E-state index in [1.807, 2.05) is 0 Å². The molecule has 0 heterocycles. The number of carbonyl (C=O) groups excluding carboxylic acids is 1. The van der Waals surface area contributed by atoms with Gasteiger partial charge in [0, 0.05) is 11.1 Å². The van der Waals surface area contributed by atoms with E-state index in [4.69, 9.17) is 0 Å². The molecule has 1 nitrogen and oxygen atoms in total. The Labute approximate surface area is 97.7 Å². The molecule has 0 aliphatic carbocycles. The minimum Gasteiger partial charge on any atom is -0.289 e. The van der Waals surface area contributed by atoms with Gasteiger partial charge in [0.05, 0.1) is 0 Å². The molecule has 0 aromatic heterocycles. The van der Waals surface area contributed by atoms with Crippen LogP contribution in [0.5, 0.6) is 0 Å². The predicted molar refractivity (Wildman–Crippen MR) is 61.0 cm³/mol. The fraction of sp³-hybridized carbons (Fsp3) is 0.0714. The molecule has 0 aliphatic heterocycles. The van der Waals surface area contributed by atoms with E-state index in [9.17, 15) is 13.6 Å². The Kier molecular flexibility index (Phi) is 3.00. The van der Waals surface area contributed by atoms with Gasteiger partial charge in [0.25, 0.3) is 0 Å². The van der Waals surface area contributed by atoms with Crippen LogP contribution in [0.2, 0.25) is 0 Å². The molecular formula is C14H10F2O. The predicted octanol–water partition coefficient (Wildman–Crippen LogP) is 3.50. The van der Waals surface area contributed by atoms with Crippen molar-refractivity contribution in [3.8, 4) is 0 Å². The summed E-state index contributed by atoms with van der Waals surface area (Å²) < 4.78 is 26.0. The molecule has 2 aromatic carbocycles. The zero-order valence-electron chi connectivity index (χ0n) is 9.21. The van der Waals surface area contributed by atoms with Gasteiger partial charge < -0.3 is 0 Å². The van der Waals surface area contributed by atoms with E-state index in [1.165, 1.54) is 0 Å². The van der Waals surface area contributed by atoms with Crippen LogP contribution in [0, 0.1) is 18.6 Å². The second kappa shape index (κ2) is 4.45. The maximum atomic E-state index is 13.1. The second-order valence-electron chi connectivity index (χ2n) is 3.78. The van der Waals surface area contributed by atoms with Crippen LogP contribution in [-0.4, -0.2) is 5.78 Å². The van der Waals surface area contributed by atoms with Crippen molar-refractivity contribution in [3.63, 3.8) is 0 Å². The number of benzene rings is 2. The molecule has 2 rings (SSSR count). The van der Waals surface area contributed by atoms with E-state index in [0.717, 1.165) is 12.1 Å². The van der Waals surface area contributed by atoms with E-state index in [2.05, 4.69) is 0 Å². The second-order valence-corrected chi connectivity index (χ2v) is 3.78. The Morgan fingerprint density at radius 1 is 1.00 bits per heavy atom. The lowest BCUT2D eigenvalue weighted by Crippen LogP contribution is -2.05. The van der Waals surface area contributed by atoms with Crippen LogP contribution in [0.25, 0.3) is 0 Å². The van der Waals surface area contributed by atoms with Gasteiger partial charge in [-0.05, 0) is 24.6 Å². The van der Waals surface area contributed by atoms with Gasteiger partial charge in [-0.1, -0.05) is 30.3 Å². The summed E-state index contributed by atoms with van der Waals surface area (Å²) in [6.07, 6.45) is 0. The Morgan fingerprint density at radius 2 is 1.59 bits per heavy atom. The third-order valence-electron chi connectivity index (χ3n) is 2.55. The molecule has 0 aliphatic rings. The topological polar surface area (TPSA) is 17.1 Å². The summed E-state index contributed by atoms with van der Waals surface area (Å²) in [5, 5.41) is 0. The van der Waals surface area contributed by atoms with Crippen molar-refractivity contribution in [3.05, 3.63) is 70.8 Å². The van der Waals surface area contributed by atoms with Gasteiger partial charge in [-0.15, -0.1) is 0 Å². The highest BCUT2D eigenvalue weighted by molar-refractivity contribution is 6.09. The average Bonchev–Trinajstić information content (AvgIpc) is 2.34. The Hall–Kier alpha value is -2.03. The van der Waals surface area contributed by atoms with Crippen molar-refractivity contribution in [2.75, 3.05) is 0 Å². The smallest absolute Gasteiger partial charge is 0.193 e. The van der Waals surface area contributed by atoms with Crippen molar-refractivity contribution in [2.45, 2.75) is 6.92 Å². The molecule has 0 atom stereocenters. The first-order chi connectivity index (χ1) is 8.09. The molecule has 0 fully saturated rings. The molecule has 0 amide bonds. The Bertz CT molecular complexity index is 562. The highest BCUT2D eigenvalue weighted by atomic mass is 19.2. The maximum Gasteiger partial charge on any atom is 0.193 e. The molecule has 0 radical (unpaired) electrons. The molecule has 86 valence electrons. The van der Waals surface area contributed by atoms with Crippen LogP contribution < -0.4 is 0 Å². The van der Waals surface area contributed by atoms with Crippen molar-refractivity contribution in [1.29, 1.82) is 0 Å². The minimum absolute atomic E-state index is 0.190. The summed E-state index contributed by atoms with van der Waals surface area (Å²) in [5.74, 6) is -2.25. The van der Waals surface area contributed by atoms with Crippen molar-refractivity contribution in [2.24, 2.45) is 0 Å². The van der Waals surface area contributed by atoms with E-state index in [1.54, 1.807) is 37.3 Å². The van der Waals surface area contributed by atoms with Gasteiger partial charge in [-0.2, -0.15) is 0 Å². The molecule has 0 N–H and O–H groups in total. The highest BCUT2D eigenvalue weighted by Crippen LogP contribution is 2.17. The van der Waals surface area contributed by atoms with Crippen LogP contribution in [-0.2, 0) is 0 Å². The summed E-state index contributed by atoms with van der Waals surface area (Å²) in [6.45, 7) is 1.58. The summed E-state index contributed by atoms with van der Waals surface area (Å²) in [4.78, 5) is 12.0. The van der Waals surface area contributed by atoms with E-state index in [0.29, 0.717) is 11.1 Å². The molecule has 0 saturated heterocycles. The molecule has 0 spiro atoms. The van der Waals surface area contributed by atoms with Crippen LogP contribution in [0.3, 0.4) is 0 Å². The van der Waals surface area contributed by atoms with Gasteiger partial charge in [-0.25, -0.2) is 8.78 Å². The van der Waals surface area contributed by atoms with Gasteiger partial charge in [0.1, 0.15) is 0 Å². The Balaban J connectivity index is 2.48. The van der Waals surface area contributed by atoms with Crippen LogP contribution in [0.15, 0.2) is 42.5 Å². The van der Waals surface area contributed by atoms with E-state index in [-0.39, 0.29) is 11.3 Å². The summed E-state index contributed by atoms with van der Waals surface area (Å²) in [7, 11) is 0. The normalized spacial score (nSPS) is 10.3. The van der Waals surface area contributed by atoms with Crippen LogP contribution in [0.4, 0.5) is 8.78 Å². The molecule has 0 bridgehead atoms. The first kappa shape index (κ1) is 11.5. The fourth-order valence-corrected chi connectivity index (χ4v) is 1.64. The lowest BCUT2D eigenvalue weighted by Gasteiger charge is -2.05. The number of hydrogen-bond donors (Lipinski definition) is 0. The largest absolute Gasteiger partial charge is 0.289 e. The van der Waals surface area contributed by atoms with Crippen LogP contribution in [0.1, 0.15) is 21.5 Å². The summed E-state index contributed by atoms with van der Waals surface area (Å²) >= 11 is 0. The molecule has 0 saturated carbocycles. The monoisotopic (exact) mass is 232 g/mol. The first-order valence-corrected chi connectivity index (χ1v) is 5.15. The quantitative estimate of drug-likeness (QED) is 0.724. The number of aryl methyl sites for hydroxylation is 1. The number of halogens is 2. The SMILES string of the molecule is Cc1cc(F)c(F)cc1C(=O)c1ccccc1. The first-order valence-electron chi connectivity index (χ1n) is 5.15. The number of hydrogen-bond acceptors (Lipinski definition) is 1. The van der Waals surface area contributed by atoms with Crippen LogP contribution >= 0.6 is 0 Å². The summed E-state index contributed by atoms with van der Waals surface area (Å²) in [5.41, 5.74) is 1.08.